The monoisotopic (exact) mass is 338 g/mol. The van der Waals surface area contributed by atoms with Crippen molar-refractivity contribution in [3.63, 3.8) is 0 Å². The van der Waals surface area contributed by atoms with Gasteiger partial charge in [0.15, 0.2) is 0 Å². The fourth-order valence-electron chi connectivity index (χ4n) is 1.86. The standard InChI is InChI=1S/C11H15BrN2OS.ClH/c12-9-4-10(16-7-9)6-14-11(15)3-8-1-2-13-5-8;/h4,7-8,13H,1-3,5-6H2,(H,14,15);1H. The molecule has 1 aromatic rings. The summed E-state index contributed by atoms with van der Waals surface area (Å²) in [5.74, 6) is 0.688. The third kappa shape index (κ3) is 4.95. The summed E-state index contributed by atoms with van der Waals surface area (Å²) < 4.78 is 1.08. The molecule has 1 amide bonds. The first kappa shape index (κ1) is 15.0. The molecule has 0 radical (unpaired) electrons. The molecule has 0 spiro atoms. The molecule has 1 aliphatic rings. The minimum atomic E-state index is 0. The number of rotatable bonds is 4. The van der Waals surface area contributed by atoms with Crippen LogP contribution in [-0.4, -0.2) is 19.0 Å². The minimum absolute atomic E-state index is 0. The maximum Gasteiger partial charge on any atom is 0.220 e. The Morgan fingerprint density at radius 1 is 1.65 bits per heavy atom. The van der Waals surface area contributed by atoms with Gasteiger partial charge in [-0.1, -0.05) is 0 Å². The van der Waals surface area contributed by atoms with Crippen LogP contribution < -0.4 is 10.6 Å². The summed E-state index contributed by atoms with van der Waals surface area (Å²) in [6.07, 6.45) is 1.78. The van der Waals surface area contributed by atoms with E-state index in [1.807, 2.05) is 11.4 Å². The van der Waals surface area contributed by atoms with Crippen molar-refractivity contribution in [1.82, 2.24) is 10.6 Å². The van der Waals surface area contributed by atoms with Crippen LogP contribution in [0.3, 0.4) is 0 Å². The van der Waals surface area contributed by atoms with E-state index in [-0.39, 0.29) is 18.3 Å². The minimum Gasteiger partial charge on any atom is -0.351 e. The van der Waals surface area contributed by atoms with Gasteiger partial charge in [0.2, 0.25) is 5.91 Å². The lowest BCUT2D eigenvalue weighted by molar-refractivity contribution is -0.122. The average molecular weight is 340 g/mol. The normalized spacial score (nSPS) is 18.8. The maximum atomic E-state index is 11.6. The molecular formula is C11H16BrClN2OS. The molecule has 1 saturated heterocycles. The fraction of sp³-hybridized carbons (Fsp3) is 0.545. The SMILES string of the molecule is Cl.O=C(CC1CCNC1)NCc1cc(Br)cs1. The average Bonchev–Trinajstić information content (AvgIpc) is 2.87. The van der Waals surface area contributed by atoms with Crippen molar-refractivity contribution in [1.29, 1.82) is 0 Å². The number of carbonyl (C=O) groups is 1. The van der Waals surface area contributed by atoms with E-state index in [1.54, 1.807) is 11.3 Å². The number of carbonyl (C=O) groups excluding carboxylic acids is 1. The van der Waals surface area contributed by atoms with Crippen LogP contribution in [0.25, 0.3) is 0 Å². The third-order valence-electron chi connectivity index (χ3n) is 2.72. The number of amides is 1. The van der Waals surface area contributed by atoms with Crippen LogP contribution in [0.1, 0.15) is 17.7 Å². The van der Waals surface area contributed by atoms with Crippen LogP contribution in [0.15, 0.2) is 15.9 Å². The van der Waals surface area contributed by atoms with Crippen molar-refractivity contribution < 1.29 is 4.79 Å². The molecular weight excluding hydrogens is 324 g/mol. The van der Waals surface area contributed by atoms with Crippen LogP contribution >= 0.6 is 39.7 Å². The van der Waals surface area contributed by atoms with E-state index in [0.717, 1.165) is 24.0 Å². The van der Waals surface area contributed by atoms with E-state index in [9.17, 15) is 4.79 Å². The number of hydrogen-bond donors (Lipinski definition) is 2. The molecule has 0 aliphatic carbocycles. The molecule has 2 rings (SSSR count). The Kier molecular flexibility index (Phi) is 6.48. The Balaban J connectivity index is 0.00000144. The first-order valence-electron chi connectivity index (χ1n) is 5.44. The molecule has 0 aromatic carbocycles. The topological polar surface area (TPSA) is 41.1 Å². The van der Waals surface area contributed by atoms with E-state index < -0.39 is 0 Å². The lowest BCUT2D eigenvalue weighted by atomic mass is 10.0. The molecule has 96 valence electrons. The molecule has 6 heteroatoms. The first-order valence-corrected chi connectivity index (χ1v) is 7.11. The molecule has 1 atom stereocenters. The van der Waals surface area contributed by atoms with Gasteiger partial charge in [0.1, 0.15) is 0 Å². The van der Waals surface area contributed by atoms with E-state index in [0.29, 0.717) is 18.9 Å². The summed E-state index contributed by atoms with van der Waals surface area (Å²) in [7, 11) is 0. The fourth-order valence-corrected chi connectivity index (χ4v) is 3.25. The maximum absolute atomic E-state index is 11.6. The van der Waals surface area contributed by atoms with Gasteiger partial charge < -0.3 is 10.6 Å². The highest BCUT2D eigenvalue weighted by Crippen LogP contribution is 2.19. The molecule has 0 bridgehead atoms. The van der Waals surface area contributed by atoms with Crippen LogP contribution in [0.2, 0.25) is 0 Å². The lowest BCUT2D eigenvalue weighted by Gasteiger charge is -2.08. The highest BCUT2D eigenvalue weighted by molar-refractivity contribution is 9.10. The second kappa shape index (κ2) is 7.36. The zero-order valence-electron chi connectivity index (χ0n) is 9.37. The molecule has 1 aliphatic heterocycles. The van der Waals surface area contributed by atoms with E-state index in [1.165, 1.54) is 4.88 Å². The van der Waals surface area contributed by atoms with Crippen LogP contribution in [0, 0.1) is 5.92 Å². The van der Waals surface area contributed by atoms with E-state index >= 15 is 0 Å². The molecule has 2 N–H and O–H groups in total. The van der Waals surface area contributed by atoms with E-state index in [4.69, 9.17) is 0 Å². The van der Waals surface area contributed by atoms with Crippen molar-refractivity contribution in [3.8, 4) is 0 Å². The lowest BCUT2D eigenvalue weighted by Crippen LogP contribution is -2.25. The molecule has 0 saturated carbocycles. The highest BCUT2D eigenvalue weighted by atomic mass is 79.9. The van der Waals surface area contributed by atoms with Gasteiger partial charge in [-0.2, -0.15) is 0 Å². The van der Waals surface area contributed by atoms with Crippen molar-refractivity contribution in [3.05, 3.63) is 20.8 Å². The predicted molar refractivity (Wildman–Crippen MR) is 76.7 cm³/mol. The summed E-state index contributed by atoms with van der Waals surface area (Å²) >= 11 is 5.06. The number of hydrogen-bond acceptors (Lipinski definition) is 3. The van der Waals surface area contributed by atoms with Crippen molar-refractivity contribution in [2.24, 2.45) is 5.92 Å². The van der Waals surface area contributed by atoms with Gasteiger partial charge in [0, 0.05) is 21.2 Å². The summed E-state index contributed by atoms with van der Waals surface area (Å²) in [5, 5.41) is 8.26. The Hall–Kier alpha value is -0.100. The van der Waals surface area contributed by atoms with Gasteiger partial charge in [-0.15, -0.1) is 23.7 Å². The zero-order chi connectivity index (χ0) is 11.4. The molecule has 17 heavy (non-hydrogen) atoms. The van der Waals surface area contributed by atoms with Gasteiger partial charge in [-0.25, -0.2) is 0 Å². The number of thiophene rings is 1. The van der Waals surface area contributed by atoms with Crippen LogP contribution in [0.4, 0.5) is 0 Å². The largest absolute Gasteiger partial charge is 0.351 e. The van der Waals surface area contributed by atoms with Crippen LogP contribution in [-0.2, 0) is 11.3 Å². The Morgan fingerprint density at radius 2 is 2.47 bits per heavy atom. The van der Waals surface area contributed by atoms with Crippen LogP contribution in [0.5, 0.6) is 0 Å². The van der Waals surface area contributed by atoms with Gasteiger partial charge >= 0.3 is 0 Å². The smallest absolute Gasteiger partial charge is 0.220 e. The summed E-state index contributed by atoms with van der Waals surface area (Å²) in [6.45, 7) is 2.68. The quantitative estimate of drug-likeness (QED) is 0.885. The first-order chi connectivity index (χ1) is 7.74. The molecule has 1 unspecified atom stereocenters. The Labute approximate surface area is 120 Å². The Morgan fingerprint density at radius 3 is 3.06 bits per heavy atom. The van der Waals surface area contributed by atoms with Gasteiger partial charge in [-0.05, 0) is 47.4 Å². The second-order valence-electron chi connectivity index (χ2n) is 4.07. The van der Waals surface area contributed by atoms with E-state index in [2.05, 4.69) is 26.6 Å². The van der Waals surface area contributed by atoms with Gasteiger partial charge in [0.25, 0.3) is 0 Å². The molecule has 1 aromatic heterocycles. The zero-order valence-corrected chi connectivity index (χ0v) is 12.6. The van der Waals surface area contributed by atoms with Crippen molar-refractivity contribution >= 4 is 45.6 Å². The third-order valence-corrected chi connectivity index (χ3v) is 4.42. The molecule has 2 heterocycles. The van der Waals surface area contributed by atoms with Crippen molar-refractivity contribution in [2.45, 2.75) is 19.4 Å². The summed E-state index contributed by atoms with van der Waals surface area (Å²) in [4.78, 5) is 12.8. The molecule has 3 nitrogen and oxygen atoms in total. The predicted octanol–water partition coefficient (Wildman–Crippen LogP) is 2.55. The summed E-state index contributed by atoms with van der Waals surface area (Å²) in [5.41, 5.74) is 0. The molecule has 1 fully saturated rings. The highest BCUT2D eigenvalue weighted by Gasteiger charge is 2.17. The number of nitrogens with one attached hydrogen (secondary N) is 2. The summed E-state index contributed by atoms with van der Waals surface area (Å²) in [6, 6.07) is 2.04. The van der Waals surface area contributed by atoms with Crippen molar-refractivity contribution in [2.75, 3.05) is 13.1 Å². The Bertz CT molecular complexity index is 366. The second-order valence-corrected chi connectivity index (χ2v) is 5.98. The van der Waals surface area contributed by atoms with Gasteiger partial charge in [0.05, 0.1) is 6.54 Å². The van der Waals surface area contributed by atoms with Gasteiger partial charge in [-0.3, -0.25) is 4.79 Å². The number of halogens is 2.